The fourth-order valence-electron chi connectivity index (χ4n) is 0.683. The monoisotopic (exact) mass is 279 g/mol. The Kier molecular flexibility index (Phi) is 7.81. The lowest BCUT2D eigenvalue weighted by Gasteiger charge is -2.20. The number of amides is 2. The molecule has 17 heavy (non-hydrogen) atoms. The van der Waals surface area contributed by atoms with E-state index in [1.807, 2.05) is 6.26 Å². The summed E-state index contributed by atoms with van der Waals surface area (Å²) in [6, 6.07) is 0. The van der Waals surface area contributed by atoms with E-state index in [2.05, 4.69) is 9.99 Å². The molecule has 0 atom stereocenters. The average molecular weight is 279 g/mol. The average Bonchev–Trinajstić information content (AvgIpc) is 2.33. The highest BCUT2D eigenvalue weighted by Crippen LogP contribution is 2.14. The van der Waals surface area contributed by atoms with Gasteiger partial charge in [0.05, 0.1) is 12.1 Å². The van der Waals surface area contributed by atoms with Crippen molar-refractivity contribution < 1.29 is 14.4 Å². The van der Waals surface area contributed by atoms with Gasteiger partial charge in [0, 0.05) is 20.5 Å². The standard InChI is InChI=1S/C9H17N3O3S2/c1-6-8(13)11(3)17-12(4)9(14)15-10-7(2)16-5/h6H2,1-5H3/b10-7-. The van der Waals surface area contributed by atoms with Gasteiger partial charge in [0.1, 0.15) is 5.04 Å². The quantitative estimate of drug-likeness (QED) is 0.259. The molecule has 0 aliphatic carbocycles. The van der Waals surface area contributed by atoms with E-state index in [1.165, 1.54) is 27.4 Å². The Hall–Kier alpha value is -0.890. The third-order valence-corrected chi connectivity index (χ3v) is 3.21. The van der Waals surface area contributed by atoms with Crippen LogP contribution in [0.4, 0.5) is 4.79 Å². The molecule has 0 spiro atoms. The van der Waals surface area contributed by atoms with E-state index >= 15 is 0 Å². The van der Waals surface area contributed by atoms with Crippen molar-refractivity contribution in [1.82, 2.24) is 8.61 Å². The zero-order valence-electron chi connectivity index (χ0n) is 10.6. The summed E-state index contributed by atoms with van der Waals surface area (Å²) >= 11 is 2.35. The van der Waals surface area contributed by atoms with Crippen LogP contribution < -0.4 is 0 Å². The summed E-state index contributed by atoms with van der Waals surface area (Å²) in [4.78, 5) is 27.4. The number of nitrogens with zero attached hydrogens (tertiary/aromatic N) is 3. The van der Waals surface area contributed by atoms with Gasteiger partial charge in [0.2, 0.25) is 5.91 Å². The molecule has 0 heterocycles. The molecule has 2 amide bonds. The van der Waals surface area contributed by atoms with E-state index in [1.54, 1.807) is 20.9 Å². The number of hydrogen-bond donors (Lipinski definition) is 0. The Bertz CT molecular complexity index is 310. The normalized spacial score (nSPS) is 11.0. The Labute approximate surface area is 110 Å². The van der Waals surface area contributed by atoms with E-state index in [9.17, 15) is 9.59 Å². The Morgan fingerprint density at radius 2 is 1.88 bits per heavy atom. The molecule has 0 saturated heterocycles. The fraction of sp³-hybridized carbons (Fsp3) is 0.667. The molecule has 0 aliphatic rings. The van der Waals surface area contributed by atoms with E-state index in [0.29, 0.717) is 11.5 Å². The maximum Gasteiger partial charge on any atom is 0.447 e. The molecular weight excluding hydrogens is 262 g/mol. The highest BCUT2D eigenvalue weighted by Gasteiger charge is 2.16. The number of carbonyl (C=O) groups excluding carboxylic acids is 2. The highest BCUT2D eigenvalue weighted by atomic mass is 32.2. The molecule has 0 saturated carbocycles. The summed E-state index contributed by atoms with van der Waals surface area (Å²) in [5.74, 6) is -0.0709. The van der Waals surface area contributed by atoms with Crippen molar-refractivity contribution in [3.8, 4) is 0 Å². The molecule has 0 unspecified atom stereocenters. The number of thioether (sulfide) groups is 1. The van der Waals surface area contributed by atoms with Crippen LogP contribution in [0.25, 0.3) is 0 Å². The van der Waals surface area contributed by atoms with Gasteiger partial charge in [-0.1, -0.05) is 12.1 Å². The molecule has 0 fully saturated rings. The van der Waals surface area contributed by atoms with Crippen LogP contribution in [0.15, 0.2) is 5.16 Å². The third-order valence-electron chi connectivity index (χ3n) is 1.70. The largest absolute Gasteiger partial charge is 0.447 e. The first-order valence-electron chi connectivity index (χ1n) is 4.90. The first-order chi connectivity index (χ1) is 7.92. The number of carbonyl (C=O) groups is 2. The minimum atomic E-state index is -0.626. The maximum atomic E-state index is 11.4. The van der Waals surface area contributed by atoms with Crippen molar-refractivity contribution in [2.75, 3.05) is 20.4 Å². The summed E-state index contributed by atoms with van der Waals surface area (Å²) in [6.07, 6.45) is 1.59. The maximum absolute atomic E-state index is 11.4. The van der Waals surface area contributed by atoms with Crippen LogP contribution >= 0.6 is 23.9 Å². The van der Waals surface area contributed by atoms with Gasteiger partial charge in [-0.25, -0.2) is 9.10 Å². The van der Waals surface area contributed by atoms with Gasteiger partial charge in [-0.05, 0) is 13.2 Å². The molecule has 0 radical (unpaired) electrons. The van der Waals surface area contributed by atoms with Crippen molar-refractivity contribution in [2.45, 2.75) is 20.3 Å². The molecule has 0 N–H and O–H groups in total. The van der Waals surface area contributed by atoms with Crippen LogP contribution in [0, 0.1) is 0 Å². The summed E-state index contributed by atoms with van der Waals surface area (Å²) in [5.41, 5.74) is 0. The number of rotatable bonds is 4. The van der Waals surface area contributed by atoms with Crippen LogP contribution in [-0.4, -0.2) is 46.0 Å². The molecule has 0 aromatic rings. The van der Waals surface area contributed by atoms with Gasteiger partial charge < -0.3 is 0 Å². The third kappa shape index (κ3) is 6.42. The van der Waals surface area contributed by atoms with E-state index in [4.69, 9.17) is 0 Å². The van der Waals surface area contributed by atoms with Gasteiger partial charge >= 0.3 is 6.09 Å². The SMILES string of the molecule is CCC(=O)N(C)SN(C)C(=O)O/N=C(/C)SC. The van der Waals surface area contributed by atoms with Crippen molar-refractivity contribution in [2.24, 2.45) is 5.16 Å². The molecular formula is C9H17N3O3S2. The predicted molar refractivity (Wildman–Crippen MR) is 71.5 cm³/mol. The van der Waals surface area contributed by atoms with Crippen molar-refractivity contribution in [1.29, 1.82) is 0 Å². The lowest BCUT2D eigenvalue weighted by Crippen LogP contribution is -2.28. The topological polar surface area (TPSA) is 62.2 Å². The molecule has 0 aromatic heterocycles. The van der Waals surface area contributed by atoms with Crippen molar-refractivity contribution in [3.05, 3.63) is 0 Å². The van der Waals surface area contributed by atoms with E-state index in [0.717, 1.165) is 12.1 Å². The van der Waals surface area contributed by atoms with Gasteiger partial charge in [0.25, 0.3) is 0 Å². The van der Waals surface area contributed by atoms with E-state index in [-0.39, 0.29) is 5.91 Å². The van der Waals surface area contributed by atoms with Crippen LogP contribution in [-0.2, 0) is 9.63 Å². The Morgan fingerprint density at radius 3 is 2.35 bits per heavy atom. The Balaban J connectivity index is 4.19. The minimum absolute atomic E-state index is 0.0709. The lowest BCUT2D eigenvalue weighted by molar-refractivity contribution is -0.125. The van der Waals surface area contributed by atoms with Gasteiger partial charge in [-0.15, -0.1) is 11.8 Å². The first-order valence-corrected chi connectivity index (χ1v) is 6.85. The second kappa shape index (κ2) is 8.24. The smallest absolute Gasteiger partial charge is 0.296 e. The van der Waals surface area contributed by atoms with Gasteiger partial charge in [0.15, 0.2) is 0 Å². The molecule has 0 bridgehead atoms. The van der Waals surface area contributed by atoms with Gasteiger partial charge in [-0.3, -0.25) is 13.9 Å². The molecule has 6 nitrogen and oxygen atoms in total. The molecule has 0 aromatic carbocycles. The van der Waals surface area contributed by atoms with E-state index < -0.39 is 6.09 Å². The second-order valence-corrected chi connectivity index (χ2v) is 5.25. The van der Waals surface area contributed by atoms with Crippen LogP contribution in [0.5, 0.6) is 0 Å². The number of hydrogen-bond acceptors (Lipinski definition) is 6. The van der Waals surface area contributed by atoms with Gasteiger partial charge in [-0.2, -0.15) is 0 Å². The Morgan fingerprint density at radius 1 is 1.29 bits per heavy atom. The minimum Gasteiger partial charge on any atom is -0.296 e. The summed E-state index contributed by atoms with van der Waals surface area (Å²) in [7, 11) is 3.10. The summed E-state index contributed by atoms with van der Waals surface area (Å²) in [5, 5.41) is 4.26. The van der Waals surface area contributed by atoms with Crippen molar-refractivity contribution in [3.63, 3.8) is 0 Å². The van der Waals surface area contributed by atoms with Crippen LogP contribution in [0.3, 0.4) is 0 Å². The molecule has 0 rings (SSSR count). The summed E-state index contributed by atoms with van der Waals surface area (Å²) in [6.45, 7) is 3.49. The fourth-order valence-corrected chi connectivity index (χ4v) is 1.48. The molecule has 0 aliphatic heterocycles. The first kappa shape index (κ1) is 16.1. The lowest BCUT2D eigenvalue weighted by atomic mass is 10.5. The second-order valence-electron chi connectivity index (χ2n) is 3.00. The molecule has 8 heteroatoms. The summed E-state index contributed by atoms with van der Waals surface area (Å²) < 4.78 is 2.57. The highest BCUT2D eigenvalue weighted by molar-refractivity contribution is 8.13. The zero-order valence-corrected chi connectivity index (χ0v) is 12.2. The zero-order chi connectivity index (χ0) is 13.4. The van der Waals surface area contributed by atoms with Crippen LogP contribution in [0.1, 0.15) is 20.3 Å². The molecule has 98 valence electrons. The van der Waals surface area contributed by atoms with Crippen LogP contribution in [0.2, 0.25) is 0 Å². The predicted octanol–water partition coefficient (Wildman–Crippen LogP) is 2.18. The van der Waals surface area contributed by atoms with Crippen molar-refractivity contribution >= 4 is 40.9 Å². The number of oxime groups is 1.